The summed E-state index contributed by atoms with van der Waals surface area (Å²) in [7, 11) is -3.48. The van der Waals surface area contributed by atoms with Crippen LogP contribution in [0.15, 0.2) is 42.5 Å². The van der Waals surface area contributed by atoms with E-state index >= 15 is 0 Å². The molecule has 0 aliphatic carbocycles. The average molecular weight is 354 g/mol. The molecule has 8 heteroatoms. The Morgan fingerprint density at radius 2 is 1.75 bits per heavy atom. The lowest BCUT2D eigenvalue weighted by molar-refractivity contribution is 0.0939. The topological polar surface area (TPSA) is 75.3 Å². The molecule has 0 spiro atoms. The molecule has 0 aliphatic rings. The average Bonchev–Trinajstić information content (AvgIpc) is 2.48. The number of carbonyl (C=O) groups excluding carboxylic acids is 1. The molecule has 1 amide bonds. The van der Waals surface area contributed by atoms with Gasteiger partial charge in [-0.2, -0.15) is 0 Å². The van der Waals surface area contributed by atoms with Crippen molar-refractivity contribution in [1.82, 2.24) is 5.32 Å². The molecule has 24 heavy (non-hydrogen) atoms. The SMILES string of the molecule is CC(NC(=O)c1ccc(F)c(F)c1)c1ccccc1NS(C)(=O)=O. The van der Waals surface area contributed by atoms with Crippen LogP contribution in [0.1, 0.15) is 28.9 Å². The van der Waals surface area contributed by atoms with Gasteiger partial charge in [0.1, 0.15) is 0 Å². The Labute approximate surface area is 138 Å². The van der Waals surface area contributed by atoms with E-state index in [1.165, 1.54) is 6.07 Å². The second-order valence-corrected chi connectivity index (χ2v) is 7.03. The van der Waals surface area contributed by atoms with Crippen molar-refractivity contribution in [3.05, 3.63) is 65.2 Å². The summed E-state index contributed by atoms with van der Waals surface area (Å²) in [5, 5.41) is 2.62. The Hall–Kier alpha value is -2.48. The first-order valence-corrected chi connectivity index (χ1v) is 8.89. The van der Waals surface area contributed by atoms with Gasteiger partial charge in [-0.3, -0.25) is 9.52 Å². The minimum atomic E-state index is -3.48. The number of carbonyl (C=O) groups is 1. The van der Waals surface area contributed by atoms with Crippen LogP contribution < -0.4 is 10.0 Å². The monoisotopic (exact) mass is 354 g/mol. The molecule has 1 atom stereocenters. The molecule has 0 aliphatic heterocycles. The van der Waals surface area contributed by atoms with E-state index < -0.39 is 33.6 Å². The van der Waals surface area contributed by atoms with Crippen molar-refractivity contribution in [1.29, 1.82) is 0 Å². The molecule has 128 valence electrons. The van der Waals surface area contributed by atoms with Crippen LogP contribution in [0, 0.1) is 11.6 Å². The Morgan fingerprint density at radius 1 is 1.08 bits per heavy atom. The van der Waals surface area contributed by atoms with Gasteiger partial charge in [0.15, 0.2) is 11.6 Å². The van der Waals surface area contributed by atoms with Crippen LogP contribution in [0.25, 0.3) is 0 Å². The third-order valence-electron chi connectivity index (χ3n) is 3.25. The maximum atomic E-state index is 13.2. The minimum Gasteiger partial charge on any atom is -0.345 e. The van der Waals surface area contributed by atoms with Crippen LogP contribution in [0.3, 0.4) is 0 Å². The second kappa shape index (κ2) is 6.96. The summed E-state index contributed by atoms with van der Waals surface area (Å²) in [6, 6.07) is 8.85. The van der Waals surface area contributed by atoms with Crippen molar-refractivity contribution >= 4 is 21.6 Å². The highest BCUT2D eigenvalue weighted by atomic mass is 32.2. The highest BCUT2D eigenvalue weighted by molar-refractivity contribution is 7.92. The van der Waals surface area contributed by atoms with Crippen molar-refractivity contribution in [2.75, 3.05) is 11.0 Å². The van der Waals surface area contributed by atoms with Gasteiger partial charge >= 0.3 is 0 Å². The van der Waals surface area contributed by atoms with Crippen LogP contribution >= 0.6 is 0 Å². The summed E-state index contributed by atoms with van der Waals surface area (Å²) >= 11 is 0. The smallest absolute Gasteiger partial charge is 0.251 e. The van der Waals surface area contributed by atoms with Gasteiger partial charge in [-0.15, -0.1) is 0 Å². The molecular formula is C16H16F2N2O3S. The molecule has 2 N–H and O–H groups in total. The van der Waals surface area contributed by atoms with Crippen molar-refractivity contribution in [2.24, 2.45) is 0 Å². The van der Waals surface area contributed by atoms with E-state index in [9.17, 15) is 22.0 Å². The number of para-hydroxylation sites is 1. The van der Waals surface area contributed by atoms with Gasteiger partial charge in [0, 0.05) is 5.56 Å². The fourth-order valence-electron chi connectivity index (χ4n) is 2.16. The molecule has 2 aromatic carbocycles. The number of sulfonamides is 1. The molecule has 2 rings (SSSR count). The molecule has 0 radical (unpaired) electrons. The van der Waals surface area contributed by atoms with Gasteiger partial charge in [-0.05, 0) is 36.8 Å². The first kappa shape index (κ1) is 17.9. The summed E-state index contributed by atoms with van der Waals surface area (Å²) in [6.07, 6.45) is 1.02. The number of rotatable bonds is 5. The molecule has 0 aromatic heterocycles. The predicted octanol–water partition coefficient (Wildman–Crippen LogP) is 2.83. The van der Waals surface area contributed by atoms with E-state index in [1.807, 2.05) is 0 Å². The third kappa shape index (κ3) is 4.51. The summed E-state index contributed by atoms with van der Waals surface area (Å²) < 4.78 is 51.3. The standard InChI is InChI=1S/C16H16F2N2O3S/c1-10(12-5-3-4-6-15(12)20-24(2,22)23)19-16(21)11-7-8-13(17)14(18)9-11/h3-10,20H,1-2H3,(H,19,21). The van der Waals surface area contributed by atoms with Crippen molar-refractivity contribution in [3.8, 4) is 0 Å². The highest BCUT2D eigenvalue weighted by Gasteiger charge is 2.17. The van der Waals surface area contributed by atoms with Crippen LogP contribution in [-0.2, 0) is 10.0 Å². The van der Waals surface area contributed by atoms with E-state index in [0.29, 0.717) is 11.3 Å². The van der Waals surface area contributed by atoms with Crippen molar-refractivity contribution in [2.45, 2.75) is 13.0 Å². The minimum absolute atomic E-state index is 0.0331. The number of halogens is 2. The maximum Gasteiger partial charge on any atom is 0.251 e. The van der Waals surface area contributed by atoms with Gasteiger partial charge in [0.25, 0.3) is 5.91 Å². The van der Waals surface area contributed by atoms with Crippen LogP contribution in [0.5, 0.6) is 0 Å². The van der Waals surface area contributed by atoms with E-state index in [2.05, 4.69) is 10.0 Å². The summed E-state index contributed by atoms with van der Waals surface area (Å²) in [5.41, 5.74) is 0.839. The second-order valence-electron chi connectivity index (χ2n) is 5.29. The molecule has 1 unspecified atom stereocenters. The molecule has 0 fully saturated rings. The molecule has 0 saturated heterocycles. The molecular weight excluding hydrogens is 338 g/mol. The van der Waals surface area contributed by atoms with E-state index in [4.69, 9.17) is 0 Å². The predicted molar refractivity (Wildman–Crippen MR) is 87.1 cm³/mol. The van der Waals surface area contributed by atoms with Crippen molar-refractivity contribution < 1.29 is 22.0 Å². The highest BCUT2D eigenvalue weighted by Crippen LogP contribution is 2.23. The van der Waals surface area contributed by atoms with E-state index in [0.717, 1.165) is 18.4 Å². The lowest BCUT2D eigenvalue weighted by Gasteiger charge is -2.18. The van der Waals surface area contributed by atoms with Gasteiger partial charge in [0.05, 0.1) is 18.0 Å². The molecule has 0 heterocycles. The van der Waals surface area contributed by atoms with Crippen molar-refractivity contribution in [3.63, 3.8) is 0 Å². The van der Waals surface area contributed by atoms with Crippen LogP contribution in [0.4, 0.5) is 14.5 Å². The lowest BCUT2D eigenvalue weighted by atomic mass is 10.1. The molecule has 0 saturated carbocycles. The summed E-state index contributed by atoms with van der Waals surface area (Å²) in [6.45, 7) is 1.65. The van der Waals surface area contributed by atoms with Crippen LogP contribution in [-0.4, -0.2) is 20.6 Å². The van der Waals surface area contributed by atoms with Gasteiger partial charge < -0.3 is 5.32 Å². The maximum absolute atomic E-state index is 13.2. The van der Waals surface area contributed by atoms with E-state index in [-0.39, 0.29) is 5.56 Å². The van der Waals surface area contributed by atoms with Gasteiger partial charge in [-0.1, -0.05) is 18.2 Å². The quantitative estimate of drug-likeness (QED) is 0.867. The first-order valence-electron chi connectivity index (χ1n) is 7.00. The van der Waals surface area contributed by atoms with Gasteiger partial charge in [-0.25, -0.2) is 17.2 Å². The number of amides is 1. The van der Waals surface area contributed by atoms with E-state index in [1.54, 1.807) is 31.2 Å². The molecule has 5 nitrogen and oxygen atoms in total. The van der Waals surface area contributed by atoms with Crippen LogP contribution in [0.2, 0.25) is 0 Å². The fraction of sp³-hybridized carbons (Fsp3) is 0.188. The molecule has 2 aromatic rings. The summed E-state index contributed by atoms with van der Waals surface area (Å²) in [5.74, 6) is -2.76. The number of nitrogens with one attached hydrogen (secondary N) is 2. The Morgan fingerprint density at radius 3 is 2.38 bits per heavy atom. The number of anilines is 1. The zero-order chi connectivity index (χ0) is 17.9. The first-order chi connectivity index (χ1) is 11.2. The zero-order valence-corrected chi connectivity index (χ0v) is 13.8. The Balaban J connectivity index is 2.22. The lowest BCUT2D eigenvalue weighted by Crippen LogP contribution is -2.27. The zero-order valence-electron chi connectivity index (χ0n) is 13.0. The third-order valence-corrected chi connectivity index (χ3v) is 3.84. The normalized spacial score (nSPS) is 12.5. The number of hydrogen-bond donors (Lipinski definition) is 2. The largest absolute Gasteiger partial charge is 0.345 e. The molecule has 0 bridgehead atoms. The Kier molecular flexibility index (Phi) is 5.18. The Bertz CT molecular complexity index is 869. The van der Waals surface area contributed by atoms with Gasteiger partial charge in [0.2, 0.25) is 10.0 Å². The summed E-state index contributed by atoms with van der Waals surface area (Å²) in [4.78, 5) is 12.1. The number of benzene rings is 2. The fourth-order valence-corrected chi connectivity index (χ4v) is 2.75. The number of hydrogen-bond acceptors (Lipinski definition) is 3.